The van der Waals surface area contributed by atoms with Gasteiger partial charge in [0, 0.05) is 11.1 Å². The Morgan fingerprint density at radius 2 is 1.23 bits per heavy atom. The van der Waals surface area contributed by atoms with Crippen LogP contribution >= 0.6 is 0 Å². The highest BCUT2D eigenvalue weighted by Gasteiger charge is 2.18. The fourth-order valence-corrected chi connectivity index (χ4v) is 3.22. The van der Waals surface area contributed by atoms with Gasteiger partial charge < -0.3 is 0 Å². The second kappa shape index (κ2) is 6.00. The maximum atomic E-state index is 9.09. The summed E-state index contributed by atoms with van der Waals surface area (Å²) in [7, 11) is 2.02. The van der Waals surface area contributed by atoms with E-state index in [2.05, 4.69) is 30.8 Å². The maximum Gasteiger partial charge on any atom is 0.172 e. The van der Waals surface area contributed by atoms with Gasteiger partial charge in [-0.25, -0.2) is 4.57 Å². The van der Waals surface area contributed by atoms with Crippen LogP contribution in [0.3, 0.4) is 0 Å². The summed E-state index contributed by atoms with van der Waals surface area (Å²) in [6.07, 6.45) is 4.23. The molecule has 1 heterocycles. The summed E-state index contributed by atoms with van der Waals surface area (Å²) in [6, 6.07) is 8.02. The molecule has 0 saturated heterocycles. The zero-order valence-electron chi connectivity index (χ0n) is 13.7. The zero-order valence-corrected chi connectivity index (χ0v) is 13.7. The highest BCUT2D eigenvalue weighted by Crippen LogP contribution is 2.34. The lowest BCUT2D eigenvalue weighted by atomic mass is 9.87. The van der Waals surface area contributed by atoms with Crippen LogP contribution in [-0.4, -0.2) is 0 Å². The number of aromatic nitrogens is 1. The summed E-state index contributed by atoms with van der Waals surface area (Å²) in [5.41, 5.74) is 7.87. The highest BCUT2D eigenvalue weighted by molar-refractivity contribution is 5.76. The molecule has 0 aliphatic carbocycles. The van der Waals surface area contributed by atoms with Crippen molar-refractivity contribution in [3.8, 4) is 23.3 Å². The van der Waals surface area contributed by atoms with Crippen LogP contribution in [0.25, 0.3) is 11.1 Å². The second-order valence-corrected chi connectivity index (χ2v) is 5.89. The second-order valence-electron chi connectivity index (χ2n) is 5.89. The Morgan fingerprint density at radius 3 is 1.64 bits per heavy atom. The molecule has 1 aromatic heterocycles. The minimum Gasteiger partial charge on any atom is -0.207 e. The summed E-state index contributed by atoms with van der Waals surface area (Å²) in [4.78, 5) is 0. The fourth-order valence-electron chi connectivity index (χ4n) is 3.22. The molecule has 3 nitrogen and oxygen atoms in total. The third kappa shape index (κ3) is 2.71. The van der Waals surface area contributed by atoms with Gasteiger partial charge in [-0.1, -0.05) is 12.1 Å². The number of rotatable bonds is 2. The van der Waals surface area contributed by atoms with Gasteiger partial charge in [-0.2, -0.15) is 10.5 Å². The van der Waals surface area contributed by atoms with Crippen molar-refractivity contribution in [3.63, 3.8) is 0 Å². The predicted octanol–water partition coefficient (Wildman–Crippen LogP) is 3.54. The van der Waals surface area contributed by atoms with Crippen LogP contribution in [0, 0.1) is 50.4 Å². The molecular weight excluding hydrogens is 270 g/mol. The number of hydrogen-bond acceptors (Lipinski definition) is 2. The molecule has 22 heavy (non-hydrogen) atoms. The monoisotopic (exact) mass is 290 g/mol. The van der Waals surface area contributed by atoms with Crippen molar-refractivity contribution >= 4 is 0 Å². The van der Waals surface area contributed by atoms with Crippen molar-refractivity contribution in [2.75, 3.05) is 0 Å². The van der Waals surface area contributed by atoms with Gasteiger partial charge in [-0.05, 0) is 55.5 Å². The molecule has 0 bridgehead atoms. The lowest BCUT2D eigenvalue weighted by molar-refractivity contribution is -0.672. The molecule has 0 N–H and O–H groups in total. The van der Waals surface area contributed by atoms with E-state index in [0.29, 0.717) is 0 Å². The van der Waals surface area contributed by atoms with Gasteiger partial charge in [-0.15, -0.1) is 0 Å². The summed E-state index contributed by atoms with van der Waals surface area (Å²) in [5, 5.41) is 18.2. The van der Waals surface area contributed by atoms with E-state index < -0.39 is 5.92 Å². The molecule has 0 saturated carbocycles. The average molecular weight is 290 g/mol. The van der Waals surface area contributed by atoms with Crippen molar-refractivity contribution in [1.82, 2.24) is 0 Å². The molecular formula is C19H20N3+. The number of pyridine rings is 1. The molecule has 0 atom stereocenters. The molecule has 3 heteroatoms. The number of hydrogen-bond donors (Lipinski definition) is 0. The minimum atomic E-state index is -0.706. The SMILES string of the molecule is Cc1cc(C(C#N)C#N)cc(C)c1-c1c(C)c[n+](C)cc1C. The molecule has 0 spiro atoms. The first-order valence-corrected chi connectivity index (χ1v) is 7.26. The van der Waals surface area contributed by atoms with Crippen molar-refractivity contribution in [2.24, 2.45) is 7.05 Å². The van der Waals surface area contributed by atoms with Gasteiger partial charge in [0.2, 0.25) is 0 Å². The maximum absolute atomic E-state index is 9.09. The number of aryl methyl sites for hydroxylation is 5. The van der Waals surface area contributed by atoms with Crippen molar-refractivity contribution < 1.29 is 4.57 Å². The van der Waals surface area contributed by atoms with E-state index in [0.717, 1.165) is 16.7 Å². The molecule has 0 radical (unpaired) electrons. The van der Waals surface area contributed by atoms with Gasteiger partial charge >= 0.3 is 0 Å². The minimum absolute atomic E-state index is 0.706. The van der Waals surface area contributed by atoms with Gasteiger partial charge in [0.15, 0.2) is 18.3 Å². The smallest absolute Gasteiger partial charge is 0.172 e. The van der Waals surface area contributed by atoms with Crippen molar-refractivity contribution in [1.29, 1.82) is 10.5 Å². The molecule has 2 aromatic rings. The quantitative estimate of drug-likeness (QED) is 0.794. The Hall–Kier alpha value is -2.65. The lowest BCUT2D eigenvalue weighted by Gasteiger charge is -2.16. The zero-order chi connectivity index (χ0) is 16.4. The first kappa shape index (κ1) is 15.7. The van der Waals surface area contributed by atoms with Gasteiger partial charge in [0.1, 0.15) is 7.05 Å². The van der Waals surface area contributed by atoms with Crippen molar-refractivity contribution in [2.45, 2.75) is 33.6 Å². The van der Waals surface area contributed by atoms with E-state index in [1.807, 2.05) is 45.2 Å². The normalized spacial score (nSPS) is 10.4. The number of nitrogens with zero attached hydrogens (tertiary/aromatic N) is 3. The molecule has 0 aliphatic rings. The largest absolute Gasteiger partial charge is 0.207 e. The molecule has 0 fully saturated rings. The van der Waals surface area contributed by atoms with E-state index in [1.165, 1.54) is 22.3 Å². The average Bonchev–Trinajstić information content (AvgIpc) is 2.42. The van der Waals surface area contributed by atoms with Crippen LogP contribution in [0.4, 0.5) is 0 Å². The summed E-state index contributed by atoms with van der Waals surface area (Å²) in [5.74, 6) is -0.706. The van der Waals surface area contributed by atoms with Crippen LogP contribution in [-0.2, 0) is 7.05 Å². The van der Waals surface area contributed by atoms with Crippen LogP contribution < -0.4 is 4.57 Å². The van der Waals surface area contributed by atoms with Crippen LogP contribution in [0.2, 0.25) is 0 Å². The third-order valence-electron chi connectivity index (χ3n) is 3.98. The van der Waals surface area contributed by atoms with Crippen LogP contribution in [0.1, 0.15) is 33.7 Å². The Morgan fingerprint density at radius 1 is 0.818 bits per heavy atom. The fraction of sp³-hybridized carbons (Fsp3) is 0.316. The van der Waals surface area contributed by atoms with E-state index in [4.69, 9.17) is 10.5 Å². The topological polar surface area (TPSA) is 51.5 Å². The summed E-state index contributed by atoms with van der Waals surface area (Å²) in [6.45, 7) is 8.32. The Kier molecular flexibility index (Phi) is 4.29. The van der Waals surface area contributed by atoms with Crippen LogP contribution in [0.5, 0.6) is 0 Å². The standard InChI is InChI=1S/C19H20N3/c1-12-6-16(17(8-20)9-21)7-13(2)18(12)19-14(3)10-22(5)11-15(19)4/h6-7,10-11,17H,1-5H3/q+1. The molecule has 0 aliphatic heterocycles. The number of nitriles is 2. The summed E-state index contributed by atoms with van der Waals surface area (Å²) >= 11 is 0. The Labute approximate surface area is 132 Å². The first-order chi connectivity index (χ1) is 10.4. The molecule has 0 unspecified atom stereocenters. The highest BCUT2D eigenvalue weighted by atomic mass is 14.9. The first-order valence-electron chi connectivity index (χ1n) is 7.26. The molecule has 110 valence electrons. The van der Waals surface area contributed by atoms with E-state index >= 15 is 0 Å². The van der Waals surface area contributed by atoms with E-state index in [-0.39, 0.29) is 0 Å². The lowest BCUT2D eigenvalue weighted by Crippen LogP contribution is -2.28. The predicted molar refractivity (Wildman–Crippen MR) is 86.0 cm³/mol. The van der Waals surface area contributed by atoms with Gasteiger partial charge in [-0.3, -0.25) is 0 Å². The molecule has 1 aromatic carbocycles. The number of benzene rings is 1. The Balaban J connectivity index is 2.70. The van der Waals surface area contributed by atoms with E-state index in [1.54, 1.807) is 0 Å². The van der Waals surface area contributed by atoms with Gasteiger partial charge in [0.25, 0.3) is 0 Å². The molecule has 0 amide bonds. The van der Waals surface area contributed by atoms with Gasteiger partial charge in [0.05, 0.1) is 12.1 Å². The Bertz CT molecular complexity index is 760. The molecule has 2 rings (SSSR count). The summed E-state index contributed by atoms with van der Waals surface area (Å²) < 4.78 is 2.06. The third-order valence-corrected chi connectivity index (χ3v) is 3.98. The van der Waals surface area contributed by atoms with E-state index in [9.17, 15) is 0 Å². The van der Waals surface area contributed by atoms with Crippen molar-refractivity contribution in [3.05, 3.63) is 52.3 Å². The van der Waals surface area contributed by atoms with Crippen LogP contribution in [0.15, 0.2) is 24.5 Å².